The summed E-state index contributed by atoms with van der Waals surface area (Å²) in [6.07, 6.45) is 4.58. The van der Waals surface area contributed by atoms with Crippen LogP contribution in [-0.2, 0) is 0 Å². The van der Waals surface area contributed by atoms with E-state index in [-0.39, 0.29) is 0 Å². The molecule has 0 aliphatic carbocycles. The Morgan fingerprint density at radius 3 is 2.64 bits per heavy atom. The molecule has 0 saturated carbocycles. The summed E-state index contributed by atoms with van der Waals surface area (Å²) < 4.78 is 24.2. The minimum absolute atomic E-state index is 0.333. The van der Waals surface area contributed by atoms with Crippen LogP contribution in [0, 0.1) is 0 Å². The number of rotatable bonds is 1. The molecule has 0 bridgehead atoms. The summed E-state index contributed by atoms with van der Waals surface area (Å²) in [6.45, 7) is 2.83. The molecule has 3 heteroatoms. The summed E-state index contributed by atoms with van der Waals surface area (Å²) in [5.74, 6) is 0. The van der Waals surface area contributed by atoms with Gasteiger partial charge in [0.2, 0.25) is 0 Å². The molecule has 0 saturated heterocycles. The van der Waals surface area contributed by atoms with Crippen molar-refractivity contribution in [1.82, 2.24) is 4.90 Å². The van der Waals surface area contributed by atoms with Gasteiger partial charge in [-0.3, -0.25) is 4.90 Å². The average molecular weight is 157 g/mol. The Morgan fingerprint density at radius 1 is 1.55 bits per heavy atom. The monoisotopic (exact) mass is 157 g/mol. The van der Waals surface area contributed by atoms with Crippen molar-refractivity contribution >= 4 is 0 Å². The fourth-order valence-electron chi connectivity index (χ4n) is 0.869. The van der Waals surface area contributed by atoms with Gasteiger partial charge in [0.15, 0.2) is 0 Å². The molecule has 0 spiro atoms. The topological polar surface area (TPSA) is 3.24 Å². The van der Waals surface area contributed by atoms with E-state index in [1.54, 1.807) is 12.2 Å². The van der Waals surface area contributed by atoms with E-state index in [1.807, 2.05) is 6.92 Å². The van der Waals surface area contributed by atoms with Crippen LogP contribution in [0.1, 0.15) is 6.92 Å². The SMILES string of the molecule is C=C1C=C(C)C=CN1C(F)F. The molecule has 11 heavy (non-hydrogen) atoms. The summed E-state index contributed by atoms with van der Waals surface area (Å²) in [6, 6.07) is 0. The van der Waals surface area contributed by atoms with Crippen LogP contribution >= 0.6 is 0 Å². The van der Waals surface area contributed by atoms with E-state index in [0.717, 1.165) is 10.5 Å². The van der Waals surface area contributed by atoms with Gasteiger partial charge in [0.1, 0.15) is 0 Å². The third-order valence-electron chi connectivity index (χ3n) is 1.43. The van der Waals surface area contributed by atoms with Gasteiger partial charge in [0.05, 0.1) is 0 Å². The lowest BCUT2D eigenvalue weighted by Crippen LogP contribution is -2.22. The smallest absolute Gasteiger partial charge is 0.292 e. The highest BCUT2D eigenvalue weighted by molar-refractivity contribution is 5.31. The van der Waals surface area contributed by atoms with Gasteiger partial charge in [-0.15, -0.1) is 0 Å². The maximum atomic E-state index is 12.1. The van der Waals surface area contributed by atoms with Crippen molar-refractivity contribution in [1.29, 1.82) is 0 Å². The maximum absolute atomic E-state index is 12.1. The van der Waals surface area contributed by atoms with Crippen molar-refractivity contribution in [2.24, 2.45) is 0 Å². The molecule has 1 rings (SSSR count). The van der Waals surface area contributed by atoms with Crippen molar-refractivity contribution < 1.29 is 8.78 Å². The van der Waals surface area contributed by atoms with Crippen molar-refractivity contribution in [3.8, 4) is 0 Å². The summed E-state index contributed by atoms with van der Waals surface area (Å²) in [7, 11) is 0. The molecule has 0 aromatic carbocycles. The molecule has 0 N–H and O–H groups in total. The highest BCUT2D eigenvalue weighted by atomic mass is 19.3. The molecular formula is C8H9F2N. The van der Waals surface area contributed by atoms with Crippen molar-refractivity contribution in [3.63, 3.8) is 0 Å². The molecule has 1 nitrogen and oxygen atoms in total. The molecule has 0 amide bonds. The Kier molecular flexibility index (Phi) is 2.08. The molecule has 1 aliphatic rings. The van der Waals surface area contributed by atoms with E-state index < -0.39 is 6.55 Å². The largest absolute Gasteiger partial charge is 0.318 e. The molecular weight excluding hydrogens is 148 g/mol. The van der Waals surface area contributed by atoms with E-state index in [4.69, 9.17) is 0 Å². The van der Waals surface area contributed by atoms with Crippen molar-refractivity contribution in [2.75, 3.05) is 0 Å². The van der Waals surface area contributed by atoms with Gasteiger partial charge in [-0.2, -0.15) is 8.78 Å². The lowest BCUT2D eigenvalue weighted by molar-refractivity contribution is 0.0300. The van der Waals surface area contributed by atoms with Gasteiger partial charge < -0.3 is 0 Å². The first-order valence-electron chi connectivity index (χ1n) is 3.23. The number of hydrogen-bond donors (Lipinski definition) is 0. The van der Waals surface area contributed by atoms with Gasteiger partial charge in [-0.05, 0) is 24.6 Å². The first-order valence-corrected chi connectivity index (χ1v) is 3.23. The third-order valence-corrected chi connectivity index (χ3v) is 1.43. The third kappa shape index (κ3) is 1.67. The number of allylic oxidation sites excluding steroid dienone is 3. The molecule has 1 aliphatic heterocycles. The first kappa shape index (κ1) is 7.98. The van der Waals surface area contributed by atoms with Gasteiger partial charge in [0, 0.05) is 11.9 Å². The fourth-order valence-corrected chi connectivity index (χ4v) is 0.869. The van der Waals surface area contributed by atoms with Crippen LogP contribution in [0.2, 0.25) is 0 Å². The number of hydrogen-bond acceptors (Lipinski definition) is 1. The maximum Gasteiger partial charge on any atom is 0.318 e. The zero-order valence-corrected chi connectivity index (χ0v) is 6.22. The lowest BCUT2D eigenvalue weighted by atomic mass is 10.2. The summed E-state index contributed by atoms with van der Waals surface area (Å²) >= 11 is 0. The summed E-state index contributed by atoms with van der Waals surface area (Å²) in [5, 5.41) is 0. The molecule has 0 radical (unpaired) electrons. The Morgan fingerprint density at radius 2 is 2.18 bits per heavy atom. The molecule has 1 heterocycles. The van der Waals surface area contributed by atoms with Crippen LogP contribution in [0.4, 0.5) is 8.78 Å². The number of alkyl halides is 2. The minimum atomic E-state index is -2.50. The van der Waals surface area contributed by atoms with Crippen molar-refractivity contribution in [3.05, 3.63) is 36.2 Å². The zero-order valence-electron chi connectivity index (χ0n) is 6.22. The van der Waals surface area contributed by atoms with Gasteiger partial charge >= 0.3 is 6.55 Å². The van der Waals surface area contributed by atoms with E-state index >= 15 is 0 Å². The first-order chi connectivity index (χ1) is 5.11. The van der Waals surface area contributed by atoms with E-state index in [2.05, 4.69) is 6.58 Å². The Balaban J connectivity index is 2.77. The molecule has 0 atom stereocenters. The van der Waals surface area contributed by atoms with Crippen LogP contribution in [-0.4, -0.2) is 11.4 Å². The van der Waals surface area contributed by atoms with Gasteiger partial charge in [-0.25, -0.2) is 0 Å². The molecule has 0 aromatic rings. The normalized spacial score (nSPS) is 17.6. The molecule has 0 aromatic heterocycles. The van der Waals surface area contributed by atoms with Gasteiger partial charge in [-0.1, -0.05) is 6.58 Å². The predicted octanol–water partition coefficient (Wildman–Crippen LogP) is 2.50. The quantitative estimate of drug-likeness (QED) is 0.528. The molecule has 0 fully saturated rings. The Hall–Kier alpha value is -1.12. The second-order valence-corrected chi connectivity index (χ2v) is 2.38. The van der Waals surface area contributed by atoms with Crippen LogP contribution in [0.25, 0.3) is 0 Å². The Labute approximate surface area is 64.3 Å². The van der Waals surface area contributed by atoms with Crippen molar-refractivity contribution in [2.45, 2.75) is 13.5 Å². The van der Waals surface area contributed by atoms with E-state index in [1.165, 1.54) is 6.20 Å². The lowest BCUT2D eigenvalue weighted by Gasteiger charge is -2.22. The fraction of sp³-hybridized carbons (Fsp3) is 0.250. The Bertz CT molecular complexity index is 228. The second-order valence-electron chi connectivity index (χ2n) is 2.38. The zero-order chi connectivity index (χ0) is 8.43. The van der Waals surface area contributed by atoms with Crippen LogP contribution in [0.15, 0.2) is 36.2 Å². The standard InChI is InChI=1S/C8H9F2N/c1-6-3-4-11(8(9)10)7(2)5-6/h3-5,8H,2H2,1H3. The highest BCUT2D eigenvalue weighted by Crippen LogP contribution is 2.19. The molecule has 0 unspecified atom stereocenters. The van der Waals surface area contributed by atoms with E-state index in [9.17, 15) is 8.78 Å². The number of halogens is 2. The van der Waals surface area contributed by atoms with Crippen LogP contribution < -0.4 is 0 Å². The minimum Gasteiger partial charge on any atom is -0.292 e. The number of nitrogens with zero attached hydrogens (tertiary/aromatic N) is 1. The summed E-state index contributed by atoms with van der Waals surface area (Å²) in [5.41, 5.74) is 1.27. The highest BCUT2D eigenvalue weighted by Gasteiger charge is 2.15. The van der Waals surface area contributed by atoms with Crippen LogP contribution in [0.5, 0.6) is 0 Å². The molecule has 60 valence electrons. The predicted molar refractivity (Wildman–Crippen MR) is 39.9 cm³/mol. The van der Waals surface area contributed by atoms with E-state index in [0.29, 0.717) is 5.70 Å². The second kappa shape index (κ2) is 2.86. The van der Waals surface area contributed by atoms with Crippen LogP contribution in [0.3, 0.4) is 0 Å². The van der Waals surface area contributed by atoms with Gasteiger partial charge in [0.25, 0.3) is 0 Å². The summed E-state index contributed by atoms with van der Waals surface area (Å²) in [4.78, 5) is 0.826. The average Bonchev–Trinajstić information content (AvgIpc) is 1.85.